The molecule has 108 valence electrons. The molecule has 2 aliphatic rings. The lowest BCUT2D eigenvalue weighted by Gasteiger charge is -2.22. The quantitative estimate of drug-likeness (QED) is 0.361. The molecular formula is C15H14N2O4. The highest BCUT2D eigenvalue weighted by Gasteiger charge is 2.50. The molecule has 1 aliphatic carbocycles. The Labute approximate surface area is 121 Å². The summed E-state index contributed by atoms with van der Waals surface area (Å²) in [5, 5.41) is 10.8. The minimum atomic E-state index is -0.536. The van der Waals surface area contributed by atoms with Gasteiger partial charge in [-0.15, -0.1) is 0 Å². The normalized spacial score (nSPS) is 27.9. The smallest absolute Gasteiger partial charge is 0.271 e. The van der Waals surface area contributed by atoms with Gasteiger partial charge in [-0.2, -0.15) is 0 Å². The number of nitro groups is 1. The van der Waals surface area contributed by atoms with Crippen LogP contribution in [0.1, 0.15) is 13.3 Å². The second kappa shape index (κ2) is 4.80. The number of anilines is 1. The lowest BCUT2D eigenvalue weighted by atomic mass is 9.78. The number of benzene rings is 1. The maximum absolute atomic E-state index is 12.5. The van der Waals surface area contributed by atoms with Gasteiger partial charge in [-0.25, -0.2) is 4.90 Å². The van der Waals surface area contributed by atoms with Crippen molar-refractivity contribution in [2.75, 3.05) is 4.90 Å². The number of hydrogen-bond acceptors (Lipinski definition) is 4. The van der Waals surface area contributed by atoms with E-state index in [0.29, 0.717) is 6.42 Å². The number of nitrogens with zero attached hydrogens (tertiary/aromatic N) is 2. The maximum atomic E-state index is 12.5. The molecule has 1 fully saturated rings. The van der Waals surface area contributed by atoms with Crippen molar-refractivity contribution in [1.29, 1.82) is 0 Å². The Kier molecular flexibility index (Phi) is 3.08. The number of hydrogen-bond donors (Lipinski definition) is 0. The van der Waals surface area contributed by atoms with E-state index >= 15 is 0 Å². The summed E-state index contributed by atoms with van der Waals surface area (Å²) in [5.74, 6) is -1.23. The molecule has 0 spiro atoms. The second-order valence-electron chi connectivity index (χ2n) is 5.44. The minimum absolute atomic E-state index is 0.00361. The number of carbonyl (C=O) groups is 2. The van der Waals surface area contributed by atoms with Gasteiger partial charge in [0.15, 0.2) is 0 Å². The third kappa shape index (κ3) is 2.03. The first-order valence-corrected chi connectivity index (χ1v) is 6.79. The van der Waals surface area contributed by atoms with Crippen LogP contribution in [0.4, 0.5) is 11.4 Å². The number of carbonyl (C=O) groups excluding carboxylic acids is 2. The Balaban J connectivity index is 2.00. The number of fused-ring (bicyclic) bond motifs is 1. The fraction of sp³-hybridized carbons (Fsp3) is 0.333. The Hall–Kier alpha value is -2.50. The predicted octanol–water partition coefficient (Wildman–Crippen LogP) is 2.30. The first-order chi connectivity index (χ1) is 10.0. The van der Waals surface area contributed by atoms with Gasteiger partial charge in [0.05, 0.1) is 22.4 Å². The van der Waals surface area contributed by atoms with E-state index in [1.807, 2.05) is 19.1 Å². The van der Waals surface area contributed by atoms with E-state index in [2.05, 4.69) is 0 Å². The van der Waals surface area contributed by atoms with E-state index < -0.39 is 4.92 Å². The molecule has 1 aromatic rings. The van der Waals surface area contributed by atoms with Gasteiger partial charge in [0.2, 0.25) is 11.8 Å². The van der Waals surface area contributed by atoms with Crippen molar-refractivity contribution < 1.29 is 14.5 Å². The highest BCUT2D eigenvalue weighted by atomic mass is 16.6. The molecular weight excluding hydrogens is 272 g/mol. The summed E-state index contributed by atoms with van der Waals surface area (Å²) in [5.41, 5.74) is 0.148. The molecule has 6 nitrogen and oxygen atoms in total. The van der Waals surface area contributed by atoms with Crippen molar-refractivity contribution in [2.24, 2.45) is 17.8 Å². The zero-order valence-corrected chi connectivity index (χ0v) is 11.4. The molecule has 2 amide bonds. The van der Waals surface area contributed by atoms with E-state index in [4.69, 9.17) is 0 Å². The van der Waals surface area contributed by atoms with Crippen LogP contribution < -0.4 is 4.90 Å². The molecule has 1 heterocycles. The minimum Gasteiger partial charge on any atom is -0.274 e. The SMILES string of the molecule is CC1C=CCC2C(=O)N(c3cccc([N+](=O)[O-])c3)C(=O)C12. The third-order valence-corrected chi connectivity index (χ3v) is 4.17. The zero-order chi connectivity index (χ0) is 15.1. The van der Waals surface area contributed by atoms with E-state index in [1.54, 1.807) is 6.07 Å². The summed E-state index contributed by atoms with van der Waals surface area (Å²) in [7, 11) is 0. The lowest BCUT2D eigenvalue weighted by Crippen LogP contribution is -2.31. The molecule has 0 N–H and O–H groups in total. The molecule has 3 unspecified atom stereocenters. The van der Waals surface area contributed by atoms with Crippen molar-refractivity contribution in [1.82, 2.24) is 0 Å². The maximum Gasteiger partial charge on any atom is 0.271 e. The summed E-state index contributed by atoms with van der Waals surface area (Å²) >= 11 is 0. The molecule has 1 aromatic carbocycles. The molecule has 1 saturated heterocycles. The summed E-state index contributed by atoms with van der Waals surface area (Å²) < 4.78 is 0. The predicted molar refractivity (Wildman–Crippen MR) is 75.5 cm³/mol. The van der Waals surface area contributed by atoms with E-state index in [0.717, 1.165) is 4.90 Å². The molecule has 3 rings (SSSR count). The van der Waals surface area contributed by atoms with E-state index in [-0.39, 0.29) is 40.9 Å². The molecule has 21 heavy (non-hydrogen) atoms. The molecule has 0 bridgehead atoms. The van der Waals surface area contributed by atoms with Crippen molar-refractivity contribution >= 4 is 23.2 Å². The summed E-state index contributed by atoms with van der Waals surface area (Å²) in [6.07, 6.45) is 4.42. The van der Waals surface area contributed by atoms with Crippen molar-refractivity contribution in [3.63, 3.8) is 0 Å². The number of rotatable bonds is 2. The van der Waals surface area contributed by atoms with Crippen LogP contribution in [-0.2, 0) is 9.59 Å². The first kappa shape index (κ1) is 13.5. The van der Waals surface area contributed by atoms with Gasteiger partial charge in [-0.1, -0.05) is 25.1 Å². The second-order valence-corrected chi connectivity index (χ2v) is 5.44. The molecule has 6 heteroatoms. The topological polar surface area (TPSA) is 80.5 Å². The number of nitro benzene ring substituents is 1. The summed E-state index contributed by atoms with van der Waals surface area (Å²) in [6, 6.07) is 5.65. The van der Waals surface area contributed by atoms with Crippen molar-refractivity contribution in [2.45, 2.75) is 13.3 Å². The van der Waals surface area contributed by atoms with Crippen molar-refractivity contribution in [3.8, 4) is 0 Å². The van der Waals surface area contributed by atoms with E-state index in [1.165, 1.54) is 18.2 Å². The van der Waals surface area contributed by atoms with Gasteiger partial charge < -0.3 is 0 Å². The van der Waals surface area contributed by atoms with Gasteiger partial charge in [-0.05, 0) is 18.4 Å². The van der Waals surface area contributed by atoms with Gasteiger partial charge >= 0.3 is 0 Å². The summed E-state index contributed by atoms with van der Waals surface area (Å²) in [4.78, 5) is 36.4. The van der Waals surface area contributed by atoms with Crippen LogP contribution in [0.3, 0.4) is 0 Å². The van der Waals surface area contributed by atoms with Crippen LogP contribution in [0.15, 0.2) is 36.4 Å². The van der Waals surface area contributed by atoms with Crippen LogP contribution in [-0.4, -0.2) is 16.7 Å². The lowest BCUT2D eigenvalue weighted by molar-refractivity contribution is -0.384. The average molecular weight is 286 g/mol. The summed E-state index contributed by atoms with van der Waals surface area (Å²) in [6.45, 7) is 1.91. The monoisotopic (exact) mass is 286 g/mol. The molecule has 0 radical (unpaired) electrons. The van der Waals surface area contributed by atoms with Gasteiger partial charge in [0.25, 0.3) is 5.69 Å². The fourth-order valence-electron chi connectivity index (χ4n) is 3.15. The molecule has 1 aliphatic heterocycles. The number of allylic oxidation sites excluding steroid dienone is 2. The van der Waals surface area contributed by atoms with Crippen LogP contribution >= 0.6 is 0 Å². The Morgan fingerprint density at radius 2 is 2.05 bits per heavy atom. The highest BCUT2D eigenvalue weighted by Crippen LogP contribution is 2.40. The zero-order valence-electron chi connectivity index (χ0n) is 11.4. The van der Waals surface area contributed by atoms with Crippen molar-refractivity contribution in [3.05, 3.63) is 46.5 Å². The molecule has 3 atom stereocenters. The van der Waals surface area contributed by atoms with Gasteiger partial charge in [0, 0.05) is 12.1 Å². The fourth-order valence-corrected chi connectivity index (χ4v) is 3.15. The Morgan fingerprint density at radius 3 is 2.71 bits per heavy atom. The van der Waals surface area contributed by atoms with E-state index in [9.17, 15) is 19.7 Å². The highest BCUT2D eigenvalue weighted by molar-refractivity contribution is 6.22. The Morgan fingerprint density at radius 1 is 1.29 bits per heavy atom. The molecule has 0 saturated carbocycles. The Bertz CT molecular complexity index is 667. The van der Waals surface area contributed by atoms with Crippen LogP contribution in [0.2, 0.25) is 0 Å². The van der Waals surface area contributed by atoms with Crippen LogP contribution in [0, 0.1) is 27.9 Å². The van der Waals surface area contributed by atoms with Gasteiger partial charge in [0.1, 0.15) is 0 Å². The van der Waals surface area contributed by atoms with Crippen LogP contribution in [0.25, 0.3) is 0 Å². The number of imide groups is 1. The average Bonchev–Trinajstić information content (AvgIpc) is 2.72. The number of non-ortho nitro benzene ring substituents is 1. The third-order valence-electron chi connectivity index (χ3n) is 4.17. The molecule has 0 aromatic heterocycles. The number of amides is 2. The van der Waals surface area contributed by atoms with Crippen LogP contribution in [0.5, 0.6) is 0 Å². The first-order valence-electron chi connectivity index (χ1n) is 6.79. The van der Waals surface area contributed by atoms with Gasteiger partial charge in [-0.3, -0.25) is 19.7 Å². The largest absolute Gasteiger partial charge is 0.274 e. The standard InChI is InChI=1S/C15H14N2O4/c1-9-4-2-7-12-13(9)15(19)16(14(12)18)10-5-3-6-11(8-10)17(20)21/h2-6,8-9,12-13H,7H2,1H3.